The smallest absolute Gasteiger partial charge is 0.339 e. The molecule has 5 aliphatic rings. The molecule has 6 atom stereocenters. The number of benzene rings is 6. The highest BCUT2D eigenvalue weighted by atomic mass is 35.5. The molecule has 6 aromatic carbocycles. The van der Waals surface area contributed by atoms with Crippen LogP contribution in [0.2, 0.25) is 15.1 Å². The second kappa shape index (κ2) is 33.5. The largest absolute Gasteiger partial charge is 0.480 e. The van der Waals surface area contributed by atoms with Crippen LogP contribution in [0.3, 0.4) is 0 Å². The van der Waals surface area contributed by atoms with E-state index in [1.54, 1.807) is 12.1 Å². The van der Waals surface area contributed by atoms with Gasteiger partial charge in [-0.15, -0.1) is 0 Å². The van der Waals surface area contributed by atoms with E-state index in [-0.39, 0.29) is 78.6 Å². The number of methoxy groups -OCH3 is 2. The summed E-state index contributed by atoms with van der Waals surface area (Å²) in [5.41, 5.74) is 16.0. The number of aromatic nitrogens is 3. The molecule has 2 saturated heterocycles. The number of esters is 2. The number of nitrogens with zero attached hydrogens (tertiary/aromatic N) is 5. The van der Waals surface area contributed by atoms with Gasteiger partial charge in [0.1, 0.15) is 19.8 Å². The molecule has 3 aromatic heterocycles. The summed E-state index contributed by atoms with van der Waals surface area (Å²) >= 11 is 18.6. The lowest BCUT2D eigenvalue weighted by atomic mass is 9.86. The number of ether oxygens (including phenoxy) is 8. The Balaban J connectivity index is 0.000000189. The van der Waals surface area contributed by atoms with Crippen molar-refractivity contribution in [3.05, 3.63) is 157 Å². The van der Waals surface area contributed by atoms with Gasteiger partial charge in [-0.05, 0) is 209 Å². The van der Waals surface area contributed by atoms with Crippen molar-refractivity contribution >= 4 is 120 Å². The Morgan fingerprint density at radius 2 is 0.838 bits per heavy atom. The Hall–Kier alpha value is -8.81. The molecule has 25 heteroatoms. The first-order chi connectivity index (χ1) is 50.9. The van der Waals surface area contributed by atoms with E-state index in [4.69, 9.17) is 77.8 Å². The summed E-state index contributed by atoms with van der Waals surface area (Å²) in [5.74, 6) is -3.29. The zero-order valence-corrected chi connectivity index (χ0v) is 66.2. The van der Waals surface area contributed by atoms with Crippen molar-refractivity contribution in [1.82, 2.24) is 13.7 Å². The molecule has 0 saturated carbocycles. The van der Waals surface area contributed by atoms with E-state index in [0.29, 0.717) is 64.6 Å². The van der Waals surface area contributed by atoms with Crippen molar-refractivity contribution in [2.45, 2.75) is 199 Å². The minimum Gasteiger partial charge on any atom is -0.480 e. The molecule has 0 spiro atoms. The van der Waals surface area contributed by atoms with Gasteiger partial charge < -0.3 is 76.9 Å². The predicted octanol–water partition coefficient (Wildman–Crippen LogP) is 18.0. The Labute approximate surface area is 665 Å². The number of amides is 2. The van der Waals surface area contributed by atoms with E-state index >= 15 is 0 Å². The molecule has 2 fully saturated rings. The molecule has 0 bridgehead atoms. The number of anilines is 3. The molecule has 2 amide bonds. The van der Waals surface area contributed by atoms with Gasteiger partial charge in [-0.2, -0.15) is 0 Å². The lowest BCUT2D eigenvalue weighted by Crippen LogP contribution is -2.53. The van der Waals surface area contributed by atoms with Gasteiger partial charge in [-0.3, -0.25) is 9.59 Å². The number of halogens is 3. The monoisotopic (exact) mass is 1580 g/mol. The number of hydrogen-bond acceptors (Lipinski definition) is 15. The molecule has 3 N–H and O–H groups in total. The summed E-state index contributed by atoms with van der Waals surface area (Å²) in [7, 11) is 2.72. The summed E-state index contributed by atoms with van der Waals surface area (Å²) in [6.07, 6.45) is -3.21. The van der Waals surface area contributed by atoms with Crippen LogP contribution < -0.4 is 15.1 Å². The SMILES string of the molecule is C.C.C.COC(=O)[C@@H](OC(C)(C)C)c1c(C)c2c3c(cc(C)n3C[C@@H](COCC(=O)O)N2)c1-c1ccc(Cl)cc1.COC(=O)[C@@H](OC(C)(C)C)c1c(C)c2c3c(cc(C)n3C[C@H]3COCC(=O)N23)c1-c1ccc(Cl)cc1.Cc1c([C@H](OC(C)(C)C)C(=O)O)c(-c2ccc(Cl)cc2)c2cc(C)n3c2c1N1C(=O)COC[C@@H]1C3. The number of carbonyl (C=O) groups excluding carboxylic acids is 4. The van der Waals surface area contributed by atoms with Crippen LogP contribution in [0.15, 0.2) is 91.0 Å². The lowest BCUT2D eigenvalue weighted by Gasteiger charge is -2.42. The molecule has 0 radical (unpaired) electrons. The third kappa shape index (κ3) is 17.0. The van der Waals surface area contributed by atoms with Gasteiger partial charge in [0.15, 0.2) is 18.3 Å². The fourth-order valence-corrected chi connectivity index (χ4v) is 16.3. The van der Waals surface area contributed by atoms with Gasteiger partial charge in [0.25, 0.3) is 11.8 Å². The normalized spacial score (nSPS) is 17.1. The van der Waals surface area contributed by atoms with E-state index in [0.717, 1.165) is 117 Å². The average Bonchev–Trinajstić information content (AvgIpc) is 1.50. The first kappa shape index (κ1) is 86.2. The molecule has 111 heavy (non-hydrogen) atoms. The third-order valence-corrected chi connectivity index (χ3v) is 20.8. The van der Waals surface area contributed by atoms with Crippen molar-refractivity contribution < 1.29 is 76.9 Å². The quantitative estimate of drug-likeness (QED) is 0.0761. The number of morpholine rings is 2. The Bertz CT molecular complexity index is 5060. The summed E-state index contributed by atoms with van der Waals surface area (Å²) in [6, 6.07) is 28.4. The van der Waals surface area contributed by atoms with Crippen molar-refractivity contribution in [1.29, 1.82) is 0 Å². The summed E-state index contributed by atoms with van der Waals surface area (Å²) < 4.78 is 52.6. The van der Waals surface area contributed by atoms with E-state index in [1.165, 1.54) is 14.2 Å². The van der Waals surface area contributed by atoms with Crippen LogP contribution in [0, 0.1) is 41.5 Å². The second-order valence-corrected chi connectivity index (χ2v) is 32.4. The van der Waals surface area contributed by atoms with Gasteiger partial charge in [0, 0.05) is 84.6 Å². The predicted molar refractivity (Wildman–Crippen MR) is 438 cm³/mol. The van der Waals surface area contributed by atoms with Gasteiger partial charge in [0.2, 0.25) is 0 Å². The Morgan fingerprint density at radius 1 is 0.505 bits per heavy atom. The highest BCUT2D eigenvalue weighted by Gasteiger charge is 2.45. The van der Waals surface area contributed by atoms with E-state index < -0.39 is 59.0 Å². The molecule has 14 rings (SSSR count). The first-order valence-corrected chi connectivity index (χ1v) is 37.1. The molecule has 22 nitrogen and oxygen atoms in total. The second-order valence-electron chi connectivity index (χ2n) is 31.1. The average molecular weight is 1590 g/mol. The summed E-state index contributed by atoms with van der Waals surface area (Å²) in [4.78, 5) is 80.1. The molecule has 0 aliphatic carbocycles. The van der Waals surface area contributed by atoms with Crippen LogP contribution in [0.25, 0.3) is 66.1 Å². The van der Waals surface area contributed by atoms with Crippen molar-refractivity contribution in [2.75, 3.05) is 69.0 Å². The van der Waals surface area contributed by atoms with Crippen LogP contribution in [-0.2, 0) is 86.3 Å². The topological polar surface area (TPSA) is 250 Å². The van der Waals surface area contributed by atoms with Crippen LogP contribution in [0.1, 0.15) is 153 Å². The lowest BCUT2D eigenvalue weighted by molar-refractivity contribution is -0.164. The minimum atomic E-state index is -1.23. The number of carboxylic acids is 2. The Morgan fingerprint density at radius 3 is 1.18 bits per heavy atom. The number of aryl methyl sites for hydroxylation is 3. The third-order valence-electron chi connectivity index (χ3n) is 20.1. The molecule has 0 unspecified atom stereocenters. The fraction of sp³-hybridized carbons (Fsp3) is 0.442. The van der Waals surface area contributed by atoms with Gasteiger partial charge in [-0.1, -0.05) is 93.5 Å². The Kier molecular flexibility index (Phi) is 26.0. The minimum absolute atomic E-state index is 0. The standard InChI is InChI=1S/C28H33ClN2O6.C28H31ClN2O5.C27H29ClN2O5.3CH4/c1-15-11-20-23(17-7-9-18(29)10-8-17)22(26(27(34)35-6)37-28(3,4)5)16(2)24-25(20)31(15)12-19(30-24)13-36-14-21(32)33;1-15-11-20-23(17-7-9-18(29)10-8-17)22(26(27(33)34-6)36-28(3,4)5)16(2)24-25(20)30(15)12-19-13-35-14-21(32)31(19)24;1-14-10-19-22(16-6-8-17(28)9-7-16)21(25(26(32)33)35-27(3,4)5)15(2)23-24(19)29(14)11-18-12-34-13-20(31)30(18)23;;;/h7-11,19,26,30H,12-14H2,1-6H3,(H,32,33);7-11,19,26H,12-14H2,1-6H3;6-10,18,25H,11-13H2,1-5H3,(H,32,33);3*1H4/t2*19-,26-;18-,25-;;;/m000.../s1. The number of carbonyl (C=O) groups is 6. The molecule has 9 aromatic rings. The molecule has 596 valence electrons. The van der Waals surface area contributed by atoms with Gasteiger partial charge >= 0.3 is 23.9 Å². The van der Waals surface area contributed by atoms with Crippen LogP contribution in [-0.4, -0.2) is 148 Å². The van der Waals surface area contributed by atoms with Crippen LogP contribution in [0.4, 0.5) is 17.1 Å². The first-order valence-electron chi connectivity index (χ1n) is 35.9. The zero-order chi connectivity index (χ0) is 78.2. The molecular weight excluding hydrogens is 1480 g/mol. The number of carboxylic acid groups (broad SMARTS) is 2. The maximum absolute atomic E-state index is 13.3. The number of rotatable bonds is 16. The number of aliphatic carboxylic acids is 2. The van der Waals surface area contributed by atoms with Gasteiger partial charge in [0.05, 0.1) is 103 Å². The zero-order valence-electron chi connectivity index (χ0n) is 64.0. The summed E-state index contributed by atoms with van der Waals surface area (Å²) in [5, 5.41) is 27.6. The van der Waals surface area contributed by atoms with E-state index in [2.05, 4.69) is 44.1 Å². The van der Waals surface area contributed by atoms with Gasteiger partial charge in [-0.25, -0.2) is 19.2 Å². The summed E-state index contributed by atoms with van der Waals surface area (Å²) in [6.45, 7) is 31.5. The maximum Gasteiger partial charge on any atom is 0.339 e. The van der Waals surface area contributed by atoms with Crippen molar-refractivity contribution in [3.8, 4) is 33.4 Å². The highest BCUT2D eigenvalue weighted by molar-refractivity contribution is 6.31. The van der Waals surface area contributed by atoms with E-state index in [9.17, 15) is 33.9 Å². The van der Waals surface area contributed by atoms with Crippen molar-refractivity contribution in [3.63, 3.8) is 0 Å². The molecule has 5 aliphatic heterocycles. The fourth-order valence-electron chi connectivity index (χ4n) is 15.9. The molecule has 8 heterocycles. The number of hydrogen-bond donors (Lipinski definition) is 3. The number of nitrogens with one attached hydrogen (secondary N) is 1. The maximum atomic E-state index is 13.3. The van der Waals surface area contributed by atoms with E-state index in [1.807, 2.05) is 167 Å². The highest BCUT2D eigenvalue weighted by Crippen LogP contribution is 2.53. The van der Waals surface area contributed by atoms with Crippen LogP contribution >= 0.6 is 34.8 Å². The van der Waals surface area contributed by atoms with Crippen molar-refractivity contribution in [2.24, 2.45) is 0 Å². The number of fused-ring (bicyclic) bond motifs is 4. The van der Waals surface area contributed by atoms with Crippen LogP contribution in [0.5, 0.6) is 0 Å². The molecular formula is C86H105Cl3N6O16.